The highest BCUT2D eigenvalue weighted by atomic mass is 32.1. The molecule has 0 fully saturated rings. The first-order valence-corrected chi connectivity index (χ1v) is 35.0. The van der Waals surface area contributed by atoms with Crippen LogP contribution in [0.4, 0.5) is 0 Å². The molecule has 2 heterocycles. The molecule has 2 nitrogen and oxygen atoms in total. The van der Waals surface area contributed by atoms with Gasteiger partial charge in [-0.15, -0.1) is 22.7 Å². The fraction of sp³-hybridized carbons (Fsp3) is 0.475. The number of benzene rings is 6. The summed E-state index contributed by atoms with van der Waals surface area (Å²) < 4.78 is 6.97. The van der Waals surface area contributed by atoms with Crippen molar-refractivity contribution in [1.82, 2.24) is 0 Å². The summed E-state index contributed by atoms with van der Waals surface area (Å²) in [6.45, 7) is 23.3. The minimum absolute atomic E-state index is 0.0975. The Morgan fingerprint density at radius 3 is 1.01 bits per heavy atom. The minimum atomic E-state index is -0.693. The van der Waals surface area contributed by atoms with Crippen LogP contribution in [0.25, 0.3) is 31.7 Å². The van der Waals surface area contributed by atoms with Crippen molar-refractivity contribution in [2.45, 2.75) is 215 Å². The molecule has 84 heavy (non-hydrogen) atoms. The van der Waals surface area contributed by atoms with Gasteiger partial charge in [-0.1, -0.05) is 255 Å². The lowest BCUT2D eigenvalue weighted by molar-refractivity contribution is 0.283. The number of thiophene rings is 2. The smallest absolute Gasteiger partial charge is 0.127 e. The van der Waals surface area contributed by atoms with Gasteiger partial charge in [0.2, 0.25) is 0 Å². The van der Waals surface area contributed by atoms with E-state index in [0.717, 1.165) is 47.8 Å². The zero-order valence-electron chi connectivity index (χ0n) is 53.4. The van der Waals surface area contributed by atoms with Crippen molar-refractivity contribution in [3.63, 3.8) is 0 Å². The number of unbranched alkanes of at least 4 members (excludes halogenated alkanes) is 4. The first-order valence-electron chi connectivity index (χ1n) is 33.4. The third-order valence-corrected chi connectivity index (χ3v) is 22.6. The van der Waals surface area contributed by atoms with Crippen molar-refractivity contribution >= 4 is 33.4 Å². The van der Waals surface area contributed by atoms with Crippen molar-refractivity contribution in [1.29, 1.82) is 0 Å². The predicted molar refractivity (Wildman–Crippen MR) is 364 cm³/mol. The van der Waals surface area contributed by atoms with Crippen molar-refractivity contribution in [2.24, 2.45) is 23.7 Å². The Hall–Kier alpha value is -5.26. The molecule has 2 aliphatic carbocycles. The van der Waals surface area contributed by atoms with Gasteiger partial charge in [-0.3, -0.25) is 0 Å². The molecule has 0 saturated heterocycles. The first kappa shape index (κ1) is 61.8. The Labute approximate surface area is 516 Å². The summed E-state index contributed by atoms with van der Waals surface area (Å²) in [6, 6.07) is 49.5. The maximum absolute atomic E-state index is 12.3. The van der Waals surface area contributed by atoms with E-state index < -0.39 is 10.8 Å². The Morgan fingerprint density at radius 2 is 0.726 bits per heavy atom. The summed E-state index contributed by atoms with van der Waals surface area (Å²) in [5.74, 6) is 3.55. The standard InChI is InChI=1S/C80H100O2S2/c1-12-20-24-55(16-5)46-59-28-36-64(37-29-59)79(65-38-30-60(31-39-65)47-56(17-6)25-21-13-2)71-45-54(10)84-78(71)69-51-72(82-11)74-73(75(69)79)63(52-81)50-68-76(74)80(70-44-53(9)83-77(68)70,66-40-32-61(33-41-66)48-57(18-7)26-22-14-3)67-42-34-62(35-43-67)49-58(19-8)27-23-15-4/h28-45,50-51,55-58,81H,12-27,46-49,52H2,1-11H3. The van der Waals surface area contributed by atoms with Crippen LogP contribution in [-0.2, 0) is 43.1 Å². The summed E-state index contributed by atoms with van der Waals surface area (Å²) in [7, 11) is 1.89. The third kappa shape index (κ3) is 11.6. The van der Waals surface area contributed by atoms with E-state index in [1.54, 1.807) is 0 Å². The molecule has 4 unspecified atom stereocenters. The summed E-state index contributed by atoms with van der Waals surface area (Å²) >= 11 is 3.82. The SMILES string of the molecule is CCCCC(CC)Cc1ccc(C2(c3ccc(CC(CC)CCCC)cc3)c3cc(C)sc3-c3cc(OC)c4c5c(cc(CO)c4c32)-c2sc(C)cc2C5(c2ccc(CC(CC)CCCC)cc2)c2ccc(CC(CC)CCCC)cc2)cc1. The summed E-state index contributed by atoms with van der Waals surface area (Å²) in [5.41, 5.74) is 18.0. The highest BCUT2D eigenvalue weighted by molar-refractivity contribution is 7.16. The second-order valence-corrected chi connectivity index (χ2v) is 28.4. The molecule has 4 atom stereocenters. The van der Waals surface area contributed by atoms with Crippen LogP contribution in [-0.4, -0.2) is 12.2 Å². The molecule has 444 valence electrons. The zero-order chi connectivity index (χ0) is 59.1. The monoisotopic (exact) mass is 1160 g/mol. The van der Waals surface area contributed by atoms with E-state index in [1.807, 2.05) is 29.8 Å². The average Bonchev–Trinajstić information content (AvgIpc) is 1.53. The molecule has 0 amide bonds. The van der Waals surface area contributed by atoms with Crippen LogP contribution in [0.2, 0.25) is 0 Å². The van der Waals surface area contributed by atoms with Crippen LogP contribution >= 0.6 is 22.7 Å². The van der Waals surface area contributed by atoms with Crippen LogP contribution in [0.1, 0.15) is 240 Å². The van der Waals surface area contributed by atoms with Crippen LogP contribution in [0, 0.1) is 37.5 Å². The molecule has 2 aromatic heterocycles. The Bertz CT molecular complexity index is 3090. The normalized spacial score (nSPS) is 17.5. The van der Waals surface area contributed by atoms with E-state index >= 15 is 0 Å². The topological polar surface area (TPSA) is 29.5 Å². The van der Waals surface area contributed by atoms with Crippen LogP contribution in [0.3, 0.4) is 0 Å². The van der Waals surface area contributed by atoms with Gasteiger partial charge in [0.25, 0.3) is 0 Å². The Kier molecular flexibility index (Phi) is 20.3. The molecule has 0 saturated carbocycles. The third-order valence-electron chi connectivity index (χ3n) is 20.4. The van der Waals surface area contributed by atoms with Crippen molar-refractivity contribution in [3.05, 3.63) is 203 Å². The number of aliphatic hydroxyl groups excluding tert-OH is 1. The van der Waals surface area contributed by atoms with Gasteiger partial charge < -0.3 is 9.84 Å². The van der Waals surface area contributed by atoms with Crippen LogP contribution in [0.5, 0.6) is 5.75 Å². The molecule has 2 aliphatic rings. The molecule has 0 aliphatic heterocycles. The van der Waals surface area contributed by atoms with E-state index in [1.165, 1.54) is 200 Å². The van der Waals surface area contributed by atoms with Crippen molar-refractivity contribution < 1.29 is 9.84 Å². The second-order valence-electron chi connectivity index (χ2n) is 25.8. The molecule has 0 bridgehead atoms. The van der Waals surface area contributed by atoms with Gasteiger partial charge in [0.1, 0.15) is 5.75 Å². The average molecular weight is 1160 g/mol. The summed E-state index contributed by atoms with van der Waals surface area (Å²) in [5, 5.41) is 14.6. The lowest BCUT2D eigenvalue weighted by Gasteiger charge is -2.38. The van der Waals surface area contributed by atoms with E-state index in [9.17, 15) is 5.11 Å². The molecule has 4 heteroatoms. The Balaban J connectivity index is 1.29. The summed E-state index contributed by atoms with van der Waals surface area (Å²) in [6.07, 6.45) is 24.3. The predicted octanol–water partition coefficient (Wildman–Crippen LogP) is 22.8. The van der Waals surface area contributed by atoms with E-state index in [0.29, 0.717) is 23.7 Å². The van der Waals surface area contributed by atoms with Gasteiger partial charge >= 0.3 is 0 Å². The fourth-order valence-electron chi connectivity index (χ4n) is 15.6. The number of aryl methyl sites for hydroxylation is 2. The largest absolute Gasteiger partial charge is 0.496 e. The lowest BCUT2D eigenvalue weighted by Crippen LogP contribution is -2.31. The molecule has 1 N–H and O–H groups in total. The van der Waals surface area contributed by atoms with Gasteiger partial charge in [-0.05, 0) is 171 Å². The lowest BCUT2D eigenvalue weighted by atomic mass is 9.64. The maximum atomic E-state index is 12.3. The van der Waals surface area contributed by atoms with Gasteiger partial charge in [0.15, 0.2) is 0 Å². The zero-order valence-corrected chi connectivity index (χ0v) is 55.0. The van der Waals surface area contributed by atoms with Crippen molar-refractivity contribution in [3.8, 4) is 26.6 Å². The van der Waals surface area contributed by atoms with E-state index in [2.05, 4.69) is 191 Å². The minimum Gasteiger partial charge on any atom is -0.496 e. The molecular weight excluding hydrogens is 1060 g/mol. The number of methoxy groups -OCH3 is 1. The summed E-state index contributed by atoms with van der Waals surface area (Å²) in [4.78, 5) is 5.21. The second kappa shape index (κ2) is 27.6. The number of hydrogen-bond donors (Lipinski definition) is 1. The van der Waals surface area contributed by atoms with E-state index in [4.69, 9.17) is 4.74 Å². The van der Waals surface area contributed by atoms with Gasteiger partial charge in [0.05, 0.1) is 24.5 Å². The molecule has 0 radical (unpaired) electrons. The first-order chi connectivity index (χ1) is 41.0. The number of fused-ring (bicyclic) bond motifs is 9. The van der Waals surface area contributed by atoms with Crippen LogP contribution in [0.15, 0.2) is 121 Å². The molecule has 0 spiro atoms. The molecular formula is C80H100O2S2. The molecule has 8 aromatic rings. The quantitative estimate of drug-likeness (QED) is 0.0486. The molecule has 6 aromatic carbocycles. The maximum Gasteiger partial charge on any atom is 0.127 e. The fourth-order valence-corrected chi connectivity index (χ4v) is 17.7. The van der Waals surface area contributed by atoms with Gasteiger partial charge in [0, 0.05) is 30.5 Å². The van der Waals surface area contributed by atoms with E-state index in [-0.39, 0.29) is 6.61 Å². The Morgan fingerprint density at radius 1 is 0.417 bits per heavy atom. The highest BCUT2D eigenvalue weighted by Crippen LogP contribution is 2.67. The van der Waals surface area contributed by atoms with Gasteiger partial charge in [-0.2, -0.15) is 0 Å². The number of hydrogen-bond acceptors (Lipinski definition) is 4. The molecule has 10 rings (SSSR count). The van der Waals surface area contributed by atoms with Crippen LogP contribution < -0.4 is 4.74 Å². The number of aliphatic hydroxyl groups is 1. The number of rotatable bonds is 30. The van der Waals surface area contributed by atoms with Gasteiger partial charge in [-0.25, -0.2) is 0 Å². The highest BCUT2D eigenvalue weighted by Gasteiger charge is 2.53. The number of ether oxygens (including phenoxy) is 1. The van der Waals surface area contributed by atoms with Crippen molar-refractivity contribution in [2.75, 3.05) is 7.11 Å².